The molecule has 0 aromatic carbocycles. The molecule has 1 fully saturated rings. The van der Waals surface area contributed by atoms with Gasteiger partial charge < -0.3 is 0 Å². The topological polar surface area (TPSA) is 12.0 Å². The van der Waals surface area contributed by atoms with E-state index < -0.39 is 0 Å². The maximum Gasteiger partial charge on any atom is 0.0185 e. The van der Waals surface area contributed by atoms with Crippen LogP contribution in [0.3, 0.4) is 0 Å². The van der Waals surface area contributed by atoms with Crippen LogP contribution in [0.25, 0.3) is 0 Å². The molecule has 1 aliphatic carbocycles. The summed E-state index contributed by atoms with van der Waals surface area (Å²) in [6.07, 6.45) is 15.5. The van der Waals surface area contributed by atoms with Gasteiger partial charge in [-0.3, -0.25) is 5.09 Å². The van der Waals surface area contributed by atoms with Crippen molar-refractivity contribution in [2.45, 2.75) is 96.9 Å². The SMILES string of the molecule is CCC1CCCC(C)(NP)CCCCCCCC1C. The van der Waals surface area contributed by atoms with Gasteiger partial charge in [0.1, 0.15) is 0 Å². The molecular weight excluding hydrogens is 249 g/mol. The molecule has 0 saturated heterocycles. The van der Waals surface area contributed by atoms with E-state index in [1.165, 1.54) is 70.6 Å². The van der Waals surface area contributed by atoms with Crippen molar-refractivity contribution in [3.63, 3.8) is 0 Å². The normalized spacial score (nSPS) is 36.0. The molecule has 1 rings (SSSR count). The third kappa shape index (κ3) is 6.58. The lowest BCUT2D eigenvalue weighted by Crippen LogP contribution is -2.36. The molecular formula is C17H36NP. The highest BCUT2D eigenvalue weighted by Crippen LogP contribution is 2.30. The largest absolute Gasteiger partial charge is 0.295 e. The van der Waals surface area contributed by atoms with Gasteiger partial charge in [-0.25, -0.2) is 0 Å². The van der Waals surface area contributed by atoms with Gasteiger partial charge in [0, 0.05) is 5.54 Å². The molecule has 0 aliphatic heterocycles. The maximum atomic E-state index is 3.51. The molecule has 1 saturated carbocycles. The van der Waals surface area contributed by atoms with Crippen molar-refractivity contribution in [1.82, 2.24) is 5.09 Å². The summed E-state index contributed by atoms with van der Waals surface area (Å²) in [5.74, 6) is 1.88. The van der Waals surface area contributed by atoms with Crippen LogP contribution >= 0.6 is 9.39 Å². The van der Waals surface area contributed by atoms with Crippen LogP contribution in [-0.2, 0) is 0 Å². The minimum absolute atomic E-state index is 0.347. The molecule has 0 aromatic heterocycles. The minimum Gasteiger partial charge on any atom is -0.295 e. The average molecular weight is 285 g/mol. The van der Waals surface area contributed by atoms with Crippen LogP contribution in [0.2, 0.25) is 0 Å². The van der Waals surface area contributed by atoms with Crippen molar-refractivity contribution >= 4 is 9.39 Å². The van der Waals surface area contributed by atoms with Gasteiger partial charge in [0.2, 0.25) is 0 Å². The predicted octanol–water partition coefficient (Wildman–Crippen LogP) is 5.70. The van der Waals surface area contributed by atoms with Crippen LogP contribution in [0, 0.1) is 11.8 Å². The first-order valence-electron chi connectivity index (χ1n) is 8.59. The molecule has 1 aliphatic rings. The van der Waals surface area contributed by atoms with Gasteiger partial charge in [-0.1, -0.05) is 81.0 Å². The van der Waals surface area contributed by atoms with E-state index in [2.05, 4.69) is 35.2 Å². The van der Waals surface area contributed by atoms with Crippen molar-refractivity contribution in [1.29, 1.82) is 0 Å². The molecule has 1 N–H and O–H groups in total. The van der Waals surface area contributed by atoms with E-state index >= 15 is 0 Å². The second kappa shape index (κ2) is 9.35. The quantitative estimate of drug-likeness (QED) is 0.641. The molecule has 0 bridgehead atoms. The van der Waals surface area contributed by atoms with Gasteiger partial charge in [0.25, 0.3) is 0 Å². The lowest BCUT2D eigenvalue weighted by molar-refractivity contribution is 0.275. The van der Waals surface area contributed by atoms with Crippen molar-refractivity contribution in [3.8, 4) is 0 Å². The van der Waals surface area contributed by atoms with E-state index in [9.17, 15) is 0 Å². The standard InChI is InChI=1S/C17H36NP/c1-4-16-12-10-14-17(3,18-19)13-9-7-5-6-8-11-15(16)2/h15-16,18H,4-14,19H2,1-3H3. The first kappa shape index (κ1) is 17.4. The summed E-state index contributed by atoms with van der Waals surface area (Å²) in [4.78, 5) is 0. The molecule has 0 amide bonds. The van der Waals surface area contributed by atoms with Crippen LogP contribution in [0.5, 0.6) is 0 Å². The maximum absolute atomic E-state index is 3.51. The Labute approximate surface area is 124 Å². The lowest BCUT2D eigenvalue weighted by Gasteiger charge is -2.30. The Morgan fingerprint density at radius 3 is 2.32 bits per heavy atom. The highest BCUT2D eigenvalue weighted by molar-refractivity contribution is 7.13. The van der Waals surface area contributed by atoms with Crippen molar-refractivity contribution in [2.75, 3.05) is 0 Å². The van der Waals surface area contributed by atoms with Gasteiger partial charge >= 0.3 is 0 Å². The summed E-state index contributed by atoms with van der Waals surface area (Å²) in [6, 6.07) is 0. The van der Waals surface area contributed by atoms with Crippen molar-refractivity contribution in [3.05, 3.63) is 0 Å². The minimum atomic E-state index is 0.347. The van der Waals surface area contributed by atoms with E-state index in [4.69, 9.17) is 0 Å². The van der Waals surface area contributed by atoms with Gasteiger partial charge in [-0.05, 0) is 31.6 Å². The van der Waals surface area contributed by atoms with Crippen LogP contribution in [0.4, 0.5) is 0 Å². The monoisotopic (exact) mass is 285 g/mol. The molecule has 2 heteroatoms. The summed E-state index contributed by atoms with van der Waals surface area (Å²) in [5, 5.41) is 3.51. The van der Waals surface area contributed by atoms with Crippen LogP contribution in [0.1, 0.15) is 91.4 Å². The third-order valence-electron chi connectivity index (χ3n) is 5.37. The third-order valence-corrected chi connectivity index (χ3v) is 6.07. The fourth-order valence-corrected chi connectivity index (χ4v) is 3.95. The summed E-state index contributed by atoms with van der Waals surface area (Å²) in [7, 11) is 2.76. The Bertz CT molecular complexity index is 231. The molecule has 0 aromatic rings. The van der Waals surface area contributed by atoms with Gasteiger partial charge in [0.15, 0.2) is 0 Å². The van der Waals surface area contributed by atoms with Crippen LogP contribution in [-0.4, -0.2) is 5.54 Å². The van der Waals surface area contributed by atoms with E-state index in [-0.39, 0.29) is 0 Å². The van der Waals surface area contributed by atoms with Gasteiger partial charge in [-0.2, -0.15) is 0 Å². The fourth-order valence-electron chi connectivity index (χ4n) is 3.66. The van der Waals surface area contributed by atoms with Crippen molar-refractivity contribution < 1.29 is 0 Å². The molecule has 4 atom stereocenters. The summed E-state index contributed by atoms with van der Waals surface area (Å²) in [6.45, 7) is 7.28. The number of hydrogen-bond donors (Lipinski definition) is 1. The zero-order chi connectivity index (χ0) is 14.1. The Kier molecular flexibility index (Phi) is 8.58. The Hall–Kier alpha value is 0.390. The molecule has 0 radical (unpaired) electrons. The van der Waals surface area contributed by atoms with Gasteiger partial charge in [-0.15, -0.1) is 0 Å². The zero-order valence-electron chi connectivity index (χ0n) is 13.5. The van der Waals surface area contributed by atoms with E-state index in [1.807, 2.05) is 0 Å². The summed E-state index contributed by atoms with van der Waals surface area (Å²) < 4.78 is 0. The zero-order valence-corrected chi connectivity index (χ0v) is 14.7. The van der Waals surface area contributed by atoms with E-state index in [0.717, 1.165) is 11.8 Å². The predicted molar refractivity (Wildman–Crippen MR) is 90.4 cm³/mol. The van der Waals surface area contributed by atoms with Crippen LogP contribution in [0.15, 0.2) is 0 Å². The molecule has 19 heavy (non-hydrogen) atoms. The summed E-state index contributed by atoms with van der Waals surface area (Å²) in [5.41, 5.74) is 0.347. The molecule has 114 valence electrons. The second-order valence-corrected chi connectivity index (χ2v) is 7.34. The molecule has 0 spiro atoms. The smallest absolute Gasteiger partial charge is 0.0185 e. The van der Waals surface area contributed by atoms with Crippen molar-refractivity contribution in [2.24, 2.45) is 11.8 Å². The van der Waals surface area contributed by atoms with E-state index in [1.54, 1.807) is 0 Å². The Morgan fingerprint density at radius 2 is 1.63 bits per heavy atom. The molecule has 0 heterocycles. The number of hydrogen-bond acceptors (Lipinski definition) is 1. The highest BCUT2D eigenvalue weighted by atomic mass is 31.0. The van der Waals surface area contributed by atoms with Gasteiger partial charge in [0.05, 0.1) is 0 Å². The lowest BCUT2D eigenvalue weighted by atomic mass is 9.82. The first-order valence-corrected chi connectivity index (χ1v) is 9.17. The Balaban J connectivity index is 2.54. The highest BCUT2D eigenvalue weighted by Gasteiger charge is 2.23. The second-order valence-electron chi connectivity index (χ2n) is 7.05. The first-order chi connectivity index (χ1) is 9.11. The molecule has 1 nitrogen and oxygen atoms in total. The number of nitrogens with one attached hydrogen (secondary N) is 1. The van der Waals surface area contributed by atoms with E-state index in [0.29, 0.717) is 5.54 Å². The number of rotatable bonds is 2. The average Bonchev–Trinajstić information content (AvgIpc) is 2.42. The molecule has 4 unspecified atom stereocenters. The van der Waals surface area contributed by atoms with Crippen LogP contribution < -0.4 is 5.09 Å². The Morgan fingerprint density at radius 1 is 1.00 bits per heavy atom. The summed E-state index contributed by atoms with van der Waals surface area (Å²) >= 11 is 0. The fraction of sp³-hybridized carbons (Fsp3) is 1.00.